The molecule has 0 saturated heterocycles. The number of rotatable bonds is 23. The van der Waals surface area contributed by atoms with Crippen molar-refractivity contribution in [3.63, 3.8) is 0 Å². The standard InChI is InChI=1S/C40H54ClN3O10/c1-26-20-28(25-53-40(12-13-40)32-22-42-14-11-30(32)31-7-2-3-8-36(31)54-29-9-10-29)33(41)21-27(26)6-4-5-15-44(16-18-52-19-17-45)39(51)43-23-34(47)37(49)38(50)35(48)24-46/h2-3,7-8,11,14,20-22,29,34-35,37-38,45-50H,4-6,9-10,12-13,15-19,23-25H2,1H3,(H,43,51)/t34-,35+,37+,38+/m0/s1. The normalized spacial score (nSPS) is 17.0. The molecule has 0 aliphatic heterocycles. The van der Waals surface area contributed by atoms with Crippen LogP contribution in [0.2, 0.25) is 5.02 Å². The van der Waals surface area contributed by atoms with E-state index < -0.39 is 49.2 Å². The van der Waals surface area contributed by atoms with Gasteiger partial charge < -0.3 is 55.1 Å². The Bertz CT molecular complexity index is 1660. The van der Waals surface area contributed by atoms with E-state index in [9.17, 15) is 25.2 Å². The average molecular weight is 772 g/mol. The van der Waals surface area contributed by atoms with Gasteiger partial charge in [0.1, 0.15) is 24.1 Å². The van der Waals surface area contributed by atoms with E-state index in [4.69, 9.17) is 36.0 Å². The number of carbonyl (C=O) groups excluding carboxylic acids is 1. The number of benzene rings is 2. The van der Waals surface area contributed by atoms with E-state index in [2.05, 4.69) is 22.4 Å². The number of nitrogens with zero attached hydrogens (tertiary/aromatic N) is 2. The van der Waals surface area contributed by atoms with Crippen molar-refractivity contribution in [1.29, 1.82) is 0 Å². The lowest BCUT2D eigenvalue weighted by atomic mass is 9.96. The van der Waals surface area contributed by atoms with Crippen LogP contribution in [0.3, 0.4) is 0 Å². The van der Waals surface area contributed by atoms with Crippen LogP contribution >= 0.6 is 11.6 Å². The van der Waals surface area contributed by atoms with E-state index >= 15 is 0 Å². The van der Waals surface area contributed by atoms with Crippen LogP contribution in [0.25, 0.3) is 11.1 Å². The zero-order valence-electron chi connectivity index (χ0n) is 30.8. The molecule has 0 spiro atoms. The summed E-state index contributed by atoms with van der Waals surface area (Å²) in [5, 5.41) is 60.9. The summed E-state index contributed by atoms with van der Waals surface area (Å²) in [6, 6.07) is 13.7. The fraction of sp³-hybridized carbons (Fsp3) is 0.550. The Hall–Kier alpha value is -3.37. The summed E-state index contributed by atoms with van der Waals surface area (Å²) >= 11 is 6.83. The van der Waals surface area contributed by atoms with Crippen LogP contribution in [0, 0.1) is 6.92 Å². The van der Waals surface area contributed by atoms with Gasteiger partial charge in [-0.2, -0.15) is 0 Å². The Morgan fingerprint density at radius 2 is 1.74 bits per heavy atom. The van der Waals surface area contributed by atoms with E-state index in [0.29, 0.717) is 24.6 Å². The molecule has 1 heterocycles. The maximum absolute atomic E-state index is 13.0. The molecule has 5 rings (SSSR count). The number of aliphatic hydroxyl groups excluding tert-OH is 6. The van der Waals surface area contributed by atoms with Gasteiger partial charge in [0.15, 0.2) is 0 Å². The van der Waals surface area contributed by atoms with Crippen molar-refractivity contribution in [2.24, 2.45) is 0 Å². The van der Waals surface area contributed by atoms with Crippen molar-refractivity contribution >= 4 is 17.6 Å². The lowest BCUT2D eigenvalue weighted by Gasteiger charge is -2.27. The molecule has 2 aliphatic carbocycles. The molecular weight excluding hydrogens is 718 g/mol. The first-order valence-electron chi connectivity index (χ1n) is 18.7. The van der Waals surface area contributed by atoms with Gasteiger partial charge in [0, 0.05) is 48.2 Å². The molecule has 2 aliphatic rings. The zero-order valence-corrected chi connectivity index (χ0v) is 31.5. The molecule has 2 amide bonds. The molecule has 0 unspecified atom stereocenters. The van der Waals surface area contributed by atoms with Crippen molar-refractivity contribution in [2.45, 2.75) is 94.6 Å². The van der Waals surface area contributed by atoms with Crippen LogP contribution in [-0.4, -0.2) is 123 Å². The van der Waals surface area contributed by atoms with Crippen LogP contribution < -0.4 is 10.1 Å². The SMILES string of the molecule is Cc1cc(COC2(c3cnccc3-c3ccccc3OC3CC3)CC2)c(Cl)cc1CCCCN(CCOCCO)C(=O)NC[C@H](O)[C@@H](O)[C@H](O)[C@H](O)CO. The Balaban J connectivity index is 1.15. The summed E-state index contributed by atoms with van der Waals surface area (Å²) in [6.07, 6.45) is 3.24. The van der Waals surface area contributed by atoms with Gasteiger partial charge >= 0.3 is 6.03 Å². The van der Waals surface area contributed by atoms with Crippen molar-refractivity contribution in [3.8, 4) is 16.9 Å². The van der Waals surface area contributed by atoms with E-state index in [1.165, 1.54) is 4.90 Å². The molecule has 54 heavy (non-hydrogen) atoms. The number of aromatic nitrogens is 1. The zero-order chi connectivity index (χ0) is 38.7. The van der Waals surface area contributed by atoms with E-state index in [0.717, 1.165) is 77.7 Å². The minimum absolute atomic E-state index is 0.127. The molecule has 3 aromatic rings. The van der Waals surface area contributed by atoms with E-state index in [1.807, 2.05) is 49.6 Å². The average Bonchev–Trinajstić information content (AvgIpc) is 4.13. The number of para-hydroxylation sites is 1. The van der Waals surface area contributed by atoms with Crippen molar-refractivity contribution < 1.29 is 49.6 Å². The first-order valence-corrected chi connectivity index (χ1v) is 19.1. The van der Waals surface area contributed by atoms with Crippen LogP contribution in [-0.2, 0) is 28.1 Å². The molecule has 2 fully saturated rings. The summed E-state index contributed by atoms with van der Waals surface area (Å²) in [6.45, 7) is 1.95. The second-order valence-corrected chi connectivity index (χ2v) is 14.6. The number of ether oxygens (including phenoxy) is 3. The first kappa shape index (κ1) is 41.8. The van der Waals surface area contributed by atoms with Gasteiger partial charge in [-0.1, -0.05) is 35.9 Å². The predicted octanol–water partition coefficient (Wildman–Crippen LogP) is 3.24. The number of unbranched alkanes of at least 4 members (excludes halogenated alkanes) is 1. The van der Waals surface area contributed by atoms with Crippen molar-refractivity contribution in [3.05, 3.63) is 82.1 Å². The molecular formula is C40H54ClN3O10. The number of halogens is 1. The Kier molecular flexibility index (Phi) is 15.5. The second kappa shape index (κ2) is 20.0. The maximum atomic E-state index is 13.0. The van der Waals surface area contributed by atoms with Gasteiger partial charge in [0.25, 0.3) is 0 Å². The molecule has 1 aromatic heterocycles. The van der Waals surface area contributed by atoms with Gasteiger partial charge in [-0.25, -0.2) is 4.79 Å². The topological polar surface area (TPSA) is 194 Å². The fourth-order valence-corrected chi connectivity index (χ4v) is 6.64. The lowest BCUT2D eigenvalue weighted by molar-refractivity contribution is -0.113. The largest absolute Gasteiger partial charge is 0.490 e. The van der Waals surface area contributed by atoms with Gasteiger partial charge in [-0.05, 0) is 92.3 Å². The molecule has 2 aromatic carbocycles. The highest BCUT2D eigenvalue weighted by atomic mass is 35.5. The Morgan fingerprint density at radius 1 is 0.981 bits per heavy atom. The summed E-state index contributed by atoms with van der Waals surface area (Å²) < 4.78 is 18.2. The van der Waals surface area contributed by atoms with Gasteiger partial charge in [-0.3, -0.25) is 4.98 Å². The second-order valence-electron chi connectivity index (χ2n) is 14.2. The third-order valence-corrected chi connectivity index (χ3v) is 10.3. The van der Waals surface area contributed by atoms with Crippen LogP contribution in [0.1, 0.15) is 60.8 Å². The third-order valence-electron chi connectivity index (χ3n) is 9.96. The predicted molar refractivity (Wildman–Crippen MR) is 202 cm³/mol. The van der Waals surface area contributed by atoms with Gasteiger partial charge in [-0.15, -0.1) is 0 Å². The summed E-state index contributed by atoms with van der Waals surface area (Å²) in [7, 11) is 0. The molecule has 14 heteroatoms. The summed E-state index contributed by atoms with van der Waals surface area (Å²) in [5.74, 6) is 0.881. The number of hydrogen-bond donors (Lipinski definition) is 7. The minimum atomic E-state index is -1.79. The number of carbonyl (C=O) groups is 1. The minimum Gasteiger partial charge on any atom is -0.490 e. The van der Waals surface area contributed by atoms with Gasteiger partial charge in [0.2, 0.25) is 0 Å². The monoisotopic (exact) mass is 771 g/mol. The smallest absolute Gasteiger partial charge is 0.317 e. The lowest BCUT2D eigenvalue weighted by Crippen LogP contribution is -2.51. The fourth-order valence-electron chi connectivity index (χ4n) is 6.40. The third kappa shape index (κ3) is 11.3. The molecule has 296 valence electrons. The first-order chi connectivity index (χ1) is 26.1. The molecule has 0 radical (unpaired) electrons. The molecule has 7 N–H and O–H groups in total. The number of urea groups is 1. The van der Waals surface area contributed by atoms with Crippen molar-refractivity contribution in [2.75, 3.05) is 46.1 Å². The molecule has 0 bridgehead atoms. The van der Waals surface area contributed by atoms with E-state index in [-0.39, 0.29) is 32.5 Å². The number of nitrogens with one attached hydrogen (secondary N) is 1. The quantitative estimate of drug-likeness (QED) is 0.0700. The highest BCUT2D eigenvalue weighted by Gasteiger charge is 2.48. The molecule has 4 atom stereocenters. The van der Waals surface area contributed by atoms with Crippen LogP contribution in [0.5, 0.6) is 5.75 Å². The number of pyridine rings is 1. The van der Waals surface area contributed by atoms with Crippen LogP contribution in [0.15, 0.2) is 54.9 Å². The number of aliphatic hydroxyl groups is 6. The number of hydrogen-bond acceptors (Lipinski definition) is 11. The highest BCUT2D eigenvalue weighted by molar-refractivity contribution is 6.31. The van der Waals surface area contributed by atoms with Crippen LogP contribution in [0.4, 0.5) is 4.79 Å². The summed E-state index contributed by atoms with van der Waals surface area (Å²) in [4.78, 5) is 19.0. The molecule has 13 nitrogen and oxygen atoms in total. The Morgan fingerprint density at radius 3 is 2.46 bits per heavy atom. The Labute approximate surface area is 321 Å². The van der Waals surface area contributed by atoms with Crippen molar-refractivity contribution in [1.82, 2.24) is 15.2 Å². The molecule has 2 saturated carbocycles. The number of amides is 2. The van der Waals surface area contributed by atoms with Gasteiger partial charge in [0.05, 0.1) is 50.8 Å². The highest BCUT2D eigenvalue weighted by Crippen LogP contribution is 2.53. The summed E-state index contributed by atoms with van der Waals surface area (Å²) in [5.41, 5.74) is 5.79. The number of aryl methyl sites for hydroxylation is 2. The maximum Gasteiger partial charge on any atom is 0.317 e. The van der Waals surface area contributed by atoms with E-state index in [1.54, 1.807) is 0 Å².